The fraction of sp³-hybridized carbons (Fsp3) is 0.118. The zero-order chi connectivity index (χ0) is 14.1. The largest absolute Gasteiger partial charge is 0.497 e. The van der Waals surface area contributed by atoms with E-state index in [1.165, 1.54) is 5.56 Å². The van der Waals surface area contributed by atoms with Crippen LogP contribution in [0.1, 0.15) is 15.9 Å². The number of fused-ring (bicyclic) bond motifs is 1. The molecule has 0 radical (unpaired) electrons. The summed E-state index contributed by atoms with van der Waals surface area (Å²) >= 11 is 0. The van der Waals surface area contributed by atoms with E-state index in [-0.39, 0.29) is 0 Å². The quantitative estimate of drug-likeness (QED) is 0.666. The summed E-state index contributed by atoms with van der Waals surface area (Å²) in [7, 11) is 1.58. The Morgan fingerprint density at radius 2 is 1.95 bits per heavy atom. The molecule has 1 aromatic heterocycles. The molecule has 0 spiro atoms. The second-order valence-electron chi connectivity index (χ2n) is 4.72. The molecule has 20 heavy (non-hydrogen) atoms. The van der Waals surface area contributed by atoms with E-state index in [0.29, 0.717) is 17.1 Å². The number of benzene rings is 2. The monoisotopic (exact) mass is 266 g/mol. The van der Waals surface area contributed by atoms with Crippen molar-refractivity contribution in [2.75, 3.05) is 7.11 Å². The Bertz CT molecular complexity index is 784. The van der Waals surface area contributed by atoms with Crippen LogP contribution in [0, 0.1) is 6.92 Å². The molecule has 0 saturated carbocycles. The highest BCUT2D eigenvalue weighted by Crippen LogP contribution is 2.31. The van der Waals surface area contributed by atoms with Crippen molar-refractivity contribution in [2.24, 2.45) is 0 Å². The van der Waals surface area contributed by atoms with Gasteiger partial charge in [-0.1, -0.05) is 11.6 Å². The van der Waals surface area contributed by atoms with Gasteiger partial charge in [0.25, 0.3) is 0 Å². The maximum absolute atomic E-state index is 11.2. The first-order chi connectivity index (χ1) is 9.71. The van der Waals surface area contributed by atoms with E-state index in [0.717, 1.165) is 22.8 Å². The van der Waals surface area contributed by atoms with Crippen molar-refractivity contribution in [2.45, 2.75) is 6.92 Å². The van der Waals surface area contributed by atoms with E-state index in [1.807, 2.05) is 37.3 Å². The Morgan fingerprint density at radius 3 is 2.70 bits per heavy atom. The van der Waals surface area contributed by atoms with Gasteiger partial charge in [-0.05, 0) is 43.3 Å². The number of hydrogen-bond donors (Lipinski definition) is 0. The third-order valence-corrected chi connectivity index (χ3v) is 3.32. The SMILES string of the molecule is COc1ccc(-c2cc3cc(C)ccc3o2)c(C=O)c1. The van der Waals surface area contributed by atoms with Gasteiger partial charge in [0, 0.05) is 16.5 Å². The van der Waals surface area contributed by atoms with Gasteiger partial charge in [-0.25, -0.2) is 0 Å². The zero-order valence-electron chi connectivity index (χ0n) is 11.3. The number of aryl methyl sites for hydroxylation is 1. The van der Waals surface area contributed by atoms with E-state index in [2.05, 4.69) is 6.07 Å². The summed E-state index contributed by atoms with van der Waals surface area (Å²) in [6, 6.07) is 13.3. The van der Waals surface area contributed by atoms with Gasteiger partial charge >= 0.3 is 0 Å². The van der Waals surface area contributed by atoms with Crippen molar-refractivity contribution in [3.05, 3.63) is 53.6 Å². The van der Waals surface area contributed by atoms with E-state index in [4.69, 9.17) is 9.15 Å². The molecule has 1 heterocycles. The van der Waals surface area contributed by atoms with Crippen molar-refractivity contribution < 1.29 is 13.9 Å². The molecule has 0 amide bonds. The molecular formula is C17H14O3. The molecule has 3 rings (SSSR count). The molecule has 0 aliphatic rings. The van der Waals surface area contributed by atoms with Crippen molar-refractivity contribution in [3.8, 4) is 17.1 Å². The number of carbonyl (C=O) groups is 1. The van der Waals surface area contributed by atoms with Crippen LogP contribution in [-0.4, -0.2) is 13.4 Å². The highest BCUT2D eigenvalue weighted by molar-refractivity contribution is 5.90. The van der Waals surface area contributed by atoms with Gasteiger partial charge in [-0.15, -0.1) is 0 Å². The molecule has 0 aliphatic heterocycles. The lowest BCUT2D eigenvalue weighted by Crippen LogP contribution is -1.89. The number of ether oxygens (including phenoxy) is 1. The molecule has 0 bridgehead atoms. The fourth-order valence-corrected chi connectivity index (χ4v) is 2.29. The van der Waals surface area contributed by atoms with Crippen LogP contribution in [0.4, 0.5) is 0 Å². The van der Waals surface area contributed by atoms with Gasteiger partial charge in [0.1, 0.15) is 17.1 Å². The second kappa shape index (κ2) is 4.85. The van der Waals surface area contributed by atoms with Crippen LogP contribution in [0.5, 0.6) is 5.75 Å². The van der Waals surface area contributed by atoms with Crippen LogP contribution in [0.2, 0.25) is 0 Å². The minimum Gasteiger partial charge on any atom is -0.497 e. The van der Waals surface area contributed by atoms with Gasteiger partial charge < -0.3 is 9.15 Å². The third kappa shape index (κ3) is 2.07. The molecule has 3 aromatic rings. The molecule has 0 saturated heterocycles. The summed E-state index contributed by atoms with van der Waals surface area (Å²) in [5.74, 6) is 1.35. The van der Waals surface area contributed by atoms with Crippen LogP contribution >= 0.6 is 0 Å². The normalized spacial score (nSPS) is 10.7. The lowest BCUT2D eigenvalue weighted by Gasteiger charge is -2.04. The highest BCUT2D eigenvalue weighted by atomic mass is 16.5. The molecule has 0 aliphatic carbocycles. The summed E-state index contributed by atoms with van der Waals surface area (Å²) in [6.07, 6.45) is 0.816. The standard InChI is InChI=1S/C17H14O3/c1-11-3-6-16-12(7-11)9-17(20-16)15-5-4-14(19-2)8-13(15)10-18/h3-10H,1-2H3. The van der Waals surface area contributed by atoms with Crippen LogP contribution in [0.15, 0.2) is 46.9 Å². The first-order valence-corrected chi connectivity index (χ1v) is 6.35. The van der Waals surface area contributed by atoms with Crippen LogP contribution < -0.4 is 4.74 Å². The minimum absolute atomic E-state index is 0.556. The molecule has 0 fully saturated rings. The lowest BCUT2D eigenvalue weighted by atomic mass is 10.1. The molecule has 0 atom stereocenters. The Balaban J connectivity index is 2.17. The number of rotatable bonds is 3. The molecule has 100 valence electrons. The predicted octanol–water partition coefficient (Wildman–Crippen LogP) is 4.23. The number of aldehydes is 1. The Hall–Kier alpha value is -2.55. The number of carbonyl (C=O) groups excluding carboxylic acids is 1. The molecule has 0 N–H and O–H groups in total. The maximum atomic E-state index is 11.2. The fourth-order valence-electron chi connectivity index (χ4n) is 2.29. The van der Waals surface area contributed by atoms with Crippen molar-refractivity contribution in [1.29, 1.82) is 0 Å². The van der Waals surface area contributed by atoms with Gasteiger partial charge in [-0.2, -0.15) is 0 Å². The number of hydrogen-bond acceptors (Lipinski definition) is 3. The van der Waals surface area contributed by atoms with Crippen LogP contribution in [0.3, 0.4) is 0 Å². The number of methoxy groups -OCH3 is 1. The molecule has 3 heteroatoms. The lowest BCUT2D eigenvalue weighted by molar-refractivity contribution is 0.112. The molecule has 0 unspecified atom stereocenters. The summed E-state index contributed by atoms with van der Waals surface area (Å²) in [5, 5.41) is 1.03. The van der Waals surface area contributed by atoms with Crippen LogP contribution in [0.25, 0.3) is 22.3 Å². The van der Waals surface area contributed by atoms with Crippen molar-refractivity contribution in [3.63, 3.8) is 0 Å². The predicted molar refractivity (Wildman–Crippen MR) is 78.3 cm³/mol. The first-order valence-electron chi connectivity index (χ1n) is 6.35. The molecular weight excluding hydrogens is 252 g/mol. The number of furan rings is 1. The van der Waals surface area contributed by atoms with E-state index in [9.17, 15) is 4.79 Å². The topological polar surface area (TPSA) is 39.4 Å². The van der Waals surface area contributed by atoms with Gasteiger partial charge in [0.2, 0.25) is 0 Å². The average Bonchev–Trinajstić information content (AvgIpc) is 2.89. The van der Waals surface area contributed by atoms with Crippen molar-refractivity contribution >= 4 is 17.3 Å². The van der Waals surface area contributed by atoms with Crippen molar-refractivity contribution in [1.82, 2.24) is 0 Å². The highest BCUT2D eigenvalue weighted by Gasteiger charge is 2.11. The summed E-state index contributed by atoms with van der Waals surface area (Å²) < 4.78 is 11.0. The summed E-state index contributed by atoms with van der Waals surface area (Å²) in [5.41, 5.74) is 3.32. The smallest absolute Gasteiger partial charge is 0.150 e. The Morgan fingerprint density at radius 1 is 1.10 bits per heavy atom. The second-order valence-corrected chi connectivity index (χ2v) is 4.72. The summed E-state index contributed by atoms with van der Waals surface area (Å²) in [6.45, 7) is 2.04. The molecule has 3 nitrogen and oxygen atoms in total. The zero-order valence-corrected chi connectivity index (χ0v) is 11.3. The average molecular weight is 266 g/mol. The maximum Gasteiger partial charge on any atom is 0.150 e. The minimum atomic E-state index is 0.556. The summed E-state index contributed by atoms with van der Waals surface area (Å²) in [4.78, 5) is 11.2. The van der Waals surface area contributed by atoms with E-state index in [1.54, 1.807) is 13.2 Å². The van der Waals surface area contributed by atoms with E-state index >= 15 is 0 Å². The first kappa shape index (κ1) is 12.5. The third-order valence-electron chi connectivity index (χ3n) is 3.32. The Labute approximate surface area is 116 Å². The van der Waals surface area contributed by atoms with Gasteiger partial charge in [0.15, 0.2) is 6.29 Å². The van der Waals surface area contributed by atoms with Crippen LogP contribution in [-0.2, 0) is 0 Å². The Kier molecular flexibility index (Phi) is 3.03. The van der Waals surface area contributed by atoms with Gasteiger partial charge in [-0.3, -0.25) is 4.79 Å². The van der Waals surface area contributed by atoms with Gasteiger partial charge in [0.05, 0.1) is 7.11 Å². The van der Waals surface area contributed by atoms with E-state index < -0.39 is 0 Å². The molecule has 2 aromatic carbocycles.